The number of nitrogens with two attached hydrogens (primary N) is 1. The maximum atomic E-state index is 13.3. The molecule has 2 amide bonds. The molecule has 2 aromatic carbocycles. The zero-order chi connectivity index (χ0) is 24.9. The summed E-state index contributed by atoms with van der Waals surface area (Å²) in [7, 11) is 0. The lowest BCUT2D eigenvalue weighted by molar-refractivity contribution is -0.130. The van der Waals surface area contributed by atoms with Crippen LogP contribution in [0, 0.1) is 5.92 Å². The predicted molar refractivity (Wildman–Crippen MR) is 138 cm³/mol. The summed E-state index contributed by atoms with van der Waals surface area (Å²) in [6.07, 6.45) is 7.03. The van der Waals surface area contributed by atoms with E-state index in [4.69, 9.17) is 5.73 Å². The van der Waals surface area contributed by atoms with E-state index in [2.05, 4.69) is 16.0 Å². The van der Waals surface area contributed by atoms with Crippen LogP contribution in [0.1, 0.15) is 55.2 Å². The third-order valence-electron chi connectivity index (χ3n) is 6.75. The molecule has 0 saturated heterocycles. The number of aliphatic hydroxyl groups is 1. The molecule has 7 nitrogen and oxygen atoms in total. The zero-order valence-corrected chi connectivity index (χ0v) is 20.5. The first-order chi connectivity index (χ1) is 17.1. The summed E-state index contributed by atoms with van der Waals surface area (Å²) in [5.74, 6) is 0.0830. The van der Waals surface area contributed by atoms with Crippen molar-refractivity contribution in [1.29, 1.82) is 0 Å². The lowest BCUT2D eigenvalue weighted by atomic mass is 9.84. The number of carbonyl (C=O) groups excluding carboxylic acids is 2. The van der Waals surface area contributed by atoms with Gasteiger partial charge in [0, 0.05) is 26.1 Å². The van der Waals surface area contributed by atoms with Gasteiger partial charge in [0.25, 0.3) is 0 Å². The summed E-state index contributed by atoms with van der Waals surface area (Å²) in [6, 6.07) is 16.4. The van der Waals surface area contributed by atoms with Gasteiger partial charge in [-0.15, -0.1) is 0 Å². The van der Waals surface area contributed by atoms with Gasteiger partial charge in [-0.3, -0.25) is 9.59 Å². The number of hydrogen-bond donors (Lipinski definition) is 5. The van der Waals surface area contributed by atoms with Crippen LogP contribution < -0.4 is 21.7 Å². The van der Waals surface area contributed by atoms with E-state index in [1.807, 2.05) is 54.6 Å². The molecule has 1 aliphatic rings. The number of benzene rings is 2. The lowest BCUT2D eigenvalue weighted by Crippen LogP contribution is -2.54. The van der Waals surface area contributed by atoms with Crippen LogP contribution in [0.15, 0.2) is 54.6 Å². The van der Waals surface area contributed by atoms with Crippen molar-refractivity contribution in [3.63, 3.8) is 0 Å². The third kappa shape index (κ3) is 9.09. The van der Waals surface area contributed by atoms with Crippen LogP contribution >= 0.6 is 0 Å². The molecular formula is C28H40N4O3. The summed E-state index contributed by atoms with van der Waals surface area (Å²) >= 11 is 0. The van der Waals surface area contributed by atoms with Gasteiger partial charge in [0.1, 0.15) is 6.04 Å². The first kappa shape index (κ1) is 26.9. The highest BCUT2D eigenvalue weighted by molar-refractivity contribution is 5.90. The predicted octanol–water partition coefficient (Wildman–Crippen LogP) is 2.41. The molecule has 35 heavy (non-hydrogen) atoms. The molecule has 190 valence electrons. The summed E-state index contributed by atoms with van der Waals surface area (Å²) in [4.78, 5) is 26.5. The Labute approximate surface area is 208 Å². The maximum absolute atomic E-state index is 13.3. The van der Waals surface area contributed by atoms with Gasteiger partial charge >= 0.3 is 0 Å². The third-order valence-corrected chi connectivity index (χ3v) is 6.75. The van der Waals surface area contributed by atoms with Crippen molar-refractivity contribution in [1.82, 2.24) is 16.0 Å². The molecule has 2 atom stereocenters. The average Bonchev–Trinajstić information content (AvgIpc) is 2.90. The topological polar surface area (TPSA) is 116 Å². The van der Waals surface area contributed by atoms with Crippen molar-refractivity contribution >= 4 is 11.8 Å². The SMILES string of the molecule is NCc1ccc(CNC(=O)[C@H](Cc2ccccc2)NC(=O)C(CC2CCCCC2)NCCO)cc1. The molecule has 0 bridgehead atoms. The second-order valence-corrected chi connectivity index (χ2v) is 9.46. The molecule has 3 rings (SSSR count). The van der Waals surface area contributed by atoms with E-state index in [0.29, 0.717) is 32.0 Å². The molecule has 0 aromatic heterocycles. The van der Waals surface area contributed by atoms with Crippen molar-refractivity contribution in [2.24, 2.45) is 11.7 Å². The quantitative estimate of drug-likeness (QED) is 0.302. The molecule has 6 N–H and O–H groups in total. The number of nitrogens with one attached hydrogen (secondary N) is 3. The van der Waals surface area contributed by atoms with E-state index in [0.717, 1.165) is 36.0 Å². The summed E-state index contributed by atoms with van der Waals surface area (Å²) in [5.41, 5.74) is 8.65. The van der Waals surface area contributed by atoms with Crippen LogP contribution in [-0.4, -0.2) is 42.2 Å². The molecule has 0 aliphatic heterocycles. The molecule has 2 aromatic rings. The summed E-state index contributed by atoms with van der Waals surface area (Å²) in [5, 5.41) is 18.5. The Balaban J connectivity index is 1.67. The van der Waals surface area contributed by atoms with Crippen LogP contribution in [0.2, 0.25) is 0 Å². The van der Waals surface area contributed by atoms with Gasteiger partial charge in [-0.1, -0.05) is 86.7 Å². The van der Waals surface area contributed by atoms with Crippen LogP contribution in [0.5, 0.6) is 0 Å². The standard InChI is InChI=1S/C28H40N4O3/c29-19-23-11-13-24(14-12-23)20-31-27(34)26(18-22-9-5-2-6-10-22)32-28(35)25(30-15-16-33)17-21-7-3-1-4-8-21/h2,5-6,9-14,21,25-26,30,33H,1,3-4,7-8,15-20,29H2,(H,31,34)(H,32,35)/t25?,26-/m0/s1. The van der Waals surface area contributed by atoms with Gasteiger partial charge in [-0.25, -0.2) is 0 Å². The van der Waals surface area contributed by atoms with E-state index in [1.165, 1.54) is 19.3 Å². The average molecular weight is 481 g/mol. The van der Waals surface area contributed by atoms with Gasteiger partial charge < -0.3 is 26.8 Å². The molecule has 0 spiro atoms. The second kappa shape index (κ2) is 14.6. The first-order valence-electron chi connectivity index (χ1n) is 12.8. The molecule has 1 saturated carbocycles. The Bertz CT molecular complexity index is 898. The Morgan fingerprint density at radius 1 is 0.886 bits per heavy atom. The number of hydrogen-bond acceptors (Lipinski definition) is 5. The highest BCUT2D eigenvalue weighted by Crippen LogP contribution is 2.27. The molecule has 0 heterocycles. The highest BCUT2D eigenvalue weighted by atomic mass is 16.3. The number of aliphatic hydroxyl groups excluding tert-OH is 1. The minimum atomic E-state index is -0.696. The van der Waals surface area contributed by atoms with Crippen molar-refractivity contribution in [2.45, 2.75) is 70.1 Å². The fourth-order valence-corrected chi connectivity index (χ4v) is 4.71. The van der Waals surface area contributed by atoms with E-state index in [9.17, 15) is 14.7 Å². The number of rotatable bonds is 13. The van der Waals surface area contributed by atoms with Crippen molar-refractivity contribution < 1.29 is 14.7 Å². The molecule has 7 heteroatoms. The Morgan fingerprint density at radius 2 is 1.57 bits per heavy atom. The number of carbonyl (C=O) groups is 2. The van der Waals surface area contributed by atoms with Crippen molar-refractivity contribution in [2.75, 3.05) is 13.2 Å². The fraction of sp³-hybridized carbons (Fsp3) is 0.500. The molecule has 1 unspecified atom stereocenters. The molecule has 1 aliphatic carbocycles. The van der Waals surface area contributed by atoms with Gasteiger partial charge in [0.2, 0.25) is 11.8 Å². The highest BCUT2D eigenvalue weighted by Gasteiger charge is 2.28. The monoisotopic (exact) mass is 480 g/mol. The van der Waals surface area contributed by atoms with Crippen molar-refractivity contribution in [3.8, 4) is 0 Å². The molecule has 0 radical (unpaired) electrons. The summed E-state index contributed by atoms with van der Waals surface area (Å²) < 4.78 is 0. The van der Waals surface area contributed by atoms with E-state index < -0.39 is 12.1 Å². The van der Waals surface area contributed by atoms with Gasteiger partial charge in [0.15, 0.2) is 0 Å². The van der Waals surface area contributed by atoms with E-state index in [-0.39, 0.29) is 18.4 Å². The minimum absolute atomic E-state index is 0.0364. The normalized spacial score (nSPS) is 15.8. The van der Waals surface area contributed by atoms with Crippen LogP contribution in [0.3, 0.4) is 0 Å². The first-order valence-corrected chi connectivity index (χ1v) is 12.8. The second-order valence-electron chi connectivity index (χ2n) is 9.46. The Morgan fingerprint density at radius 3 is 2.23 bits per heavy atom. The number of amides is 2. The Kier molecular flexibility index (Phi) is 11.2. The van der Waals surface area contributed by atoms with Crippen molar-refractivity contribution in [3.05, 3.63) is 71.3 Å². The fourth-order valence-electron chi connectivity index (χ4n) is 4.71. The van der Waals surface area contributed by atoms with Crippen LogP contribution in [0.25, 0.3) is 0 Å². The Hall–Kier alpha value is -2.74. The minimum Gasteiger partial charge on any atom is -0.395 e. The van der Waals surface area contributed by atoms with Crippen LogP contribution in [0.4, 0.5) is 0 Å². The molecule has 1 fully saturated rings. The van der Waals surface area contributed by atoms with Gasteiger partial charge in [-0.2, -0.15) is 0 Å². The van der Waals surface area contributed by atoms with E-state index >= 15 is 0 Å². The lowest BCUT2D eigenvalue weighted by Gasteiger charge is -2.28. The van der Waals surface area contributed by atoms with Gasteiger partial charge in [-0.05, 0) is 29.0 Å². The smallest absolute Gasteiger partial charge is 0.243 e. The zero-order valence-electron chi connectivity index (χ0n) is 20.5. The maximum Gasteiger partial charge on any atom is 0.243 e. The summed E-state index contributed by atoms with van der Waals surface area (Å²) in [6.45, 7) is 1.16. The largest absolute Gasteiger partial charge is 0.395 e. The van der Waals surface area contributed by atoms with Crippen LogP contribution in [-0.2, 0) is 29.1 Å². The van der Waals surface area contributed by atoms with Gasteiger partial charge in [0.05, 0.1) is 12.6 Å². The molecular weight excluding hydrogens is 440 g/mol. The van der Waals surface area contributed by atoms with E-state index in [1.54, 1.807) is 0 Å².